The molecule has 0 saturated carbocycles. The lowest BCUT2D eigenvalue weighted by Crippen LogP contribution is -2.15. The molecule has 4 N–H and O–H groups in total. The van der Waals surface area contributed by atoms with Crippen LogP contribution in [0.1, 0.15) is 6.42 Å². The first-order valence-corrected chi connectivity index (χ1v) is 5.79. The molecule has 0 saturated heterocycles. The second-order valence-electron chi connectivity index (χ2n) is 3.78. The van der Waals surface area contributed by atoms with E-state index in [0.717, 1.165) is 5.56 Å². The number of carbonyl (C=O) groups is 1. The molecular formula is C11H13N5OS. The Hall–Kier alpha value is -2.15. The third kappa shape index (κ3) is 2.40. The van der Waals surface area contributed by atoms with E-state index in [-0.39, 0.29) is 6.42 Å². The number of hydrogen-bond acceptors (Lipinski definition) is 4. The molecule has 0 atom stereocenters. The summed E-state index contributed by atoms with van der Waals surface area (Å²) in [6, 6.07) is 9.46. The van der Waals surface area contributed by atoms with Crippen LogP contribution in [-0.4, -0.2) is 20.4 Å². The maximum absolute atomic E-state index is 10.8. The normalized spacial score (nSPS) is 10.4. The highest BCUT2D eigenvalue weighted by Gasteiger charge is 2.10. The van der Waals surface area contributed by atoms with Gasteiger partial charge < -0.3 is 11.6 Å². The highest BCUT2D eigenvalue weighted by atomic mass is 32.1. The molecule has 2 rings (SSSR count). The van der Waals surface area contributed by atoms with Crippen molar-refractivity contribution in [3.63, 3.8) is 0 Å². The van der Waals surface area contributed by atoms with Gasteiger partial charge in [-0.2, -0.15) is 0 Å². The van der Waals surface area contributed by atoms with Crippen LogP contribution in [0.5, 0.6) is 0 Å². The molecule has 0 aliphatic carbocycles. The summed E-state index contributed by atoms with van der Waals surface area (Å²) in [5, 5.41) is 4.29. The monoisotopic (exact) mass is 263 g/mol. The molecule has 0 bridgehead atoms. The summed E-state index contributed by atoms with van der Waals surface area (Å²) in [6.45, 7) is 0.332. The second kappa shape index (κ2) is 5.01. The van der Waals surface area contributed by atoms with Crippen LogP contribution in [0.25, 0.3) is 11.4 Å². The topological polar surface area (TPSA) is 91.9 Å². The van der Waals surface area contributed by atoms with Crippen LogP contribution in [0, 0.1) is 4.77 Å². The minimum atomic E-state index is -0.398. The zero-order valence-corrected chi connectivity index (χ0v) is 10.4. The molecule has 0 aliphatic rings. The molecular weight excluding hydrogens is 250 g/mol. The Labute approximate surface area is 109 Å². The van der Waals surface area contributed by atoms with Crippen molar-refractivity contribution in [2.75, 3.05) is 5.84 Å². The van der Waals surface area contributed by atoms with Crippen molar-refractivity contribution in [3.05, 3.63) is 35.1 Å². The van der Waals surface area contributed by atoms with Crippen LogP contribution in [0.3, 0.4) is 0 Å². The smallest absolute Gasteiger partial charge is 0.219 e. The first kappa shape index (κ1) is 12.3. The van der Waals surface area contributed by atoms with Crippen molar-refractivity contribution < 1.29 is 4.79 Å². The fourth-order valence-corrected chi connectivity index (χ4v) is 1.78. The molecule has 1 amide bonds. The first-order valence-electron chi connectivity index (χ1n) is 5.38. The zero-order chi connectivity index (χ0) is 13.1. The number of aromatic nitrogens is 3. The standard InChI is InChI=1S/C11H13N5OS/c12-9(17)6-7-15-11(18)16(13)10(14-15)8-4-2-1-3-5-8/h1-5H,6-7,13H2,(H2,12,17). The number of benzene rings is 1. The molecule has 6 nitrogen and oxygen atoms in total. The Balaban J connectivity index is 2.37. The molecule has 1 aromatic heterocycles. The van der Waals surface area contributed by atoms with E-state index >= 15 is 0 Å². The number of hydrogen-bond donors (Lipinski definition) is 2. The van der Waals surface area contributed by atoms with Crippen LogP contribution in [0.15, 0.2) is 30.3 Å². The molecule has 0 unspecified atom stereocenters. The van der Waals surface area contributed by atoms with Gasteiger partial charge >= 0.3 is 0 Å². The summed E-state index contributed by atoms with van der Waals surface area (Å²) < 4.78 is 3.18. The lowest BCUT2D eigenvalue weighted by Gasteiger charge is -1.98. The van der Waals surface area contributed by atoms with Gasteiger partial charge in [-0.05, 0) is 12.2 Å². The van der Waals surface area contributed by atoms with Crippen LogP contribution in [-0.2, 0) is 11.3 Å². The summed E-state index contributed by atoms with van der Waals surface area (Å²) in [6.07, 6.45) is 0.180. The Morgan fingerprint density at radius 3 is 2.61 bits per heavy atom. The maximum atomic E-state index is 10.8. The highest BCUT2D eigenvalue weighted by molar-refractivity contribution is 7.71. The average Bonchev–Trinajstić information content (AvgIpc) is 2.65. The van der Waals surface area contributed by atoms with Crippen molar-refractivity contribution in [3.8, 4) is 11.4 Å². The molecule has 1 heterocycles. The zero-order valence-electron chi connectivity index (χ0n) is 9.61. The summed E-state index contributed by atoms with van der Waals surface area (Å²) in [5.41, 5.74) is 5.96. The summed E-state index contributed by atoms with van der Waals surface area (Å²) in [7, 11) is 0. The quantitative estimate of drug-likeness (QED) is 0.626. The van der Waals surface area contributed by atoms with Crippen molar-refractivity contribution >= 4 is 18.1 Å². The highest BCUT2D eigenvalue weighted by Crippen LogP contribution is 2.15. The Kier molecular flexibility index (Phi) is 3.42. The summed E-state index contributed by atoms with van der Waals surface area (Å²) in [5.74, 6) is 6.02. The van der Waals surface area contributed by atoms with Gasteiger partial charge in [0.25, 0.3) is 0 Å². The maximum Gasteiger partial charge on any atom is 0.219 e. The number of aryl methyl sites for hydroxylation is 1. The van der Waals surface area contributed by atoms with E-state index in [4.69, 9.17) is 23.8 Å². The van der Waals surface area contributed by atoms with E-state index in [9.17, 15) is 4.79 Å². The van der Waals surface area contributed by atoms with E-state index in [1.165, 1.54) is 9.36 Å². The van der Waals surface area contributed by atoms with Crippen LogP contribution < -0.4 is 11.6 Å². The van der Waals surface area contributed by atoms with E-state index < -0.39 is 5.91 Å². The van der Waals surface area contributed by atoms with Crippen LogP contribution >= 0.6 is 12.2 Å². The molecule has 0 aliphatic heterocycles. The van der Waals surface area contributed by atoms with Gasteiger partial charge in [0.2, 0.25) is 10.7 Å². The number of nitrogens with two attached hydrogens (primary N) is 2. The van der Waals surface area contributed by atoms with E-state index in [0.29, 0.717) is 17.1 Å². The van der Waals surface area contributed by atoms with E-state index in [1.54, 1.807) is 0 Å². The largest absolute Gasteiger partial charge is 0.370 e. The molecule has 0 radical (unpaired) electrons. The number of amides is 1. The SMILES string of the molecule is NC(=O)CCn1nc(-c2ccccc2)n(N)c1=S. The predicted octanol–water partition coefficient (Wildman–Crippen LogP) is 0.670. The number of carbonyl (C=O) groups excluding carboxylic acids is 1. The molecule has 7 heteroatoms. The third-order valence-electron chi connectivity index (χ3n) is 2.47. The summed E-state index contributed by atoms with van der Waals surface area (Å²) in [4.78, 5) is 10.8. The molecule has 18 heavy (non-hydrogen) atoms. The van der Waals surface area contributed by atoms with Crippen LogP contribution in [0.4, 0.5) is 0 Å². The number of rotatable bonds is 4. The van der Waals surface area contributed by atoms with Gasteiger partial charge in [-0.15, -0.1) is 5.10 Å². The fourth-order valence-electron chi connectivity index (χ4n) is 1.57. The molecule has 94 valence electrons. The molecule has 0 fully saturated rings. The van der Waals surface area contributed by atoms with Crippen molar-refractivity contribution in [2.24, 2.45) is 5.73 Å². The van der Waals surface area contributed by atoms with Gasteiger partial charge in [0.05, 0.1) is 6.54 Å². The lowest BCUT2D eigenvalue weighted by molar-refractivity contribution is -0.118. The van der Waals surface area contributed by atoms with Crippen LogP contribution in [0.2, 0.25) is 0 Å². The third-order valence-corrected chi connectivity index (χ3v) is 2.88. The van der Waals surface area contributed by atoms with Gasteiger partial charge in [0.1, 0.15) is 0 Å². The Bertz CT molecular complexity index is 616. The second-order valence-corrected chi connectivity index (χ2v) is 4.15. The van der Waals surface area contributed by atoms with Gasteiger partial charge in [-0.25, -0.2) is 9.36 Å². The number of nitrogens with zero attached hydrogens (tertiary/aromatic N) is 3. The van der Waals surface area contributed by atoms with E-state index in [2.05, 4.69) is 5.10 Å². The van der Waals surface area contributed by atoms with E-state index in [1.807, 2.05) is 30.3 Å². The minimum Gasteiger partial charge on any atom is -0.370 e. The number of primary amides is 1. The van der Waals surface area contributed by atoms with Gasteiger partial charge in [-0.3, -0.25) is 4.79 Å². The van der Waals surface area contributed by atoms with Crippen molar-refractivity contribution in [1.82, 2.24) is 14.5 Å². The van der Waals surface area contributed by atoms with Crippen molar-refractivity contribution in [2.45, 2.75) is 13.0 Å². The van der Waals surface area contributed by atoms with Crippen molar-refractivity contribution in [1.29, 1.82) is 0 Å². The average molecular weight is 263 g/mol. The minimum absolute atomic E-state index is 0.180. The number of nitrogen functional groups attached to an aromatic ring is 1. The predicted molar refractivity (Wildman–Crippen MR) is 70.4 cm³/mol. The van der Waals surface area contributed by atoms with Gasteiger partial charge in [0.15, 0.2) is 5.82 Å². The van der Waals surface area contributed by atoms with Gasteiger partial charge in [-0.1, -0.05) is 30.3 Å². The summed E-state index contributed by atoms with van der Waals surface area (Å²) >= 11 is 5.15. The fraction of sp³-hybridized carbons (Fsp3) is 0.182. The Morgan fingerprint density at radius 1 is 1.33 bits per heavy atom. The molecule has 0 spiro atoms. The Morgan fingerprint density at radius 2 is 2.00 bits per heavy atom. The molecule has 1 aromatic carbocycles. The van der Waals surface area contributed by atoms with Gasteiger partial charge in [0, 0.05) is 12.0 Å². The molecule has 2 aromatic rings. The lowest BCUT2D eigenvalue weighted by atomic mass is 10.2. The first-order chi connectivity index (χ1) is 8.59.